The Morgan fingerprint density at radius 3 is 2.76 bits per heavy atom. The number of nitrogens with zero attached hydrogens (tertiary/aromatic N) is 2. The molecule has 1 heterocycles. The number of fused-ring (bicyclic) bond motifs is 2. The fourth-order valence-electron chi connectivity index (χ4n) is 2.87. The van der Waals surface area contributed by atoms with Crippen molar-refractivity contribution in [3.05, 3.63) is 41.4 Å². The van der Waals surface area contributed by atoms with Crippen LogP contribution in [0, 0.1) is 0 Å². The van der Waals surface area contributed by atoms with Gasteiger partial charge in [-0.1, -0.05) is 29.4 Å². The summed E-state index contributed by atoms with van der Waals surface area (Å²) >= 11 is 7.86. The number of benzene rings is 2. The molecule has 0 atom stereocenters. The molecule has 0 aromatic heterocycles. The van der Waals surface area contributed by atoms with E-state index in [9.17, 15) is 4.79 Å². The van der Waals surface area contributed by atoms with Crippen molar-refractivity contribution in [2.45, 2.75) is 23.1 Å². The van der Waals surface area contributed by atoms with Crippen LogP contribution in [0.2, 0.25) is 5.02 Å². The normalized spacial score (nSPS) is 12.8. The van der Waals surface area contributed by atoms with Gasteiger partial charge in [0.05, 0.1) is 16.3 Å². The van der Waals surface area contributed by atoms with Gasteiger partial charge in [0.25, 0.3) is 0 Å². The lowest BCUT2D eigenvalue weighted by atomic mass is 10.2. The highest BCUT2D eigenvalue weighted by molar-refractivity contribution is 7.99. The summed E-state index contributed by atoms with van der Waals surface area (Å²) in [7, 11) is 4.15. The number of rotatable bonds is 5. The summed E-state index contributed by atoms with van der Waals surface area (Å²) in [6, 6.07) is 11.7. The molecule has 1 aliphatic rings. The number of hydrogen-bond acceptors (Lipinski definition) is 5. The van der Waals surface area contributed by atoms with E-state index < -0.39 is 0 Å². The summed E-state index contributed by atoms with van der Waals surface area (Å²) in [6.07, 6.45) is 1.01. The Hall–Kier alpha value is -1.69. The van der Waals surface area contributed by atoms with E-state index in [1.165, 1.54) is 6.92 Å². The maximum Gasteiger partial charge on any atom is 0.308 e. The van der Waals surface area contributed by atoms with Crippen LogP contribution in [0.15, 0.2) is 46.2 Å². The molecule has 0 aliphatic carbocycles. The molecule has 3 rings (SSSR count). The van der Waals surface area contributed by atoms with Gasteiger partial charge < -0.3 is 14.5 Å². The van der Waals surface area contributed by atoms with Crippen LogP contribution in [-0.2, 0) is 4.79 Å². The Morgan fingerprint density at radius 2 is 2.04 bits per heavy atom. The summed E-state index contributed by atoms with van der Waals surface area (Å²) in [6.45, 7) is 3.29. The zero-order valence-corrected chi connectivity index (χ0v) is 16.2. The van der Waals surface area contributed by atoms with Gasteiger partial charge in [-0.15, -0.1) is 0 Å². The number of anilines is 2. The molecule has 0 fully saturated rings. The lowest BCUT2D eigenvalue weighted by Gasteiger charge is -2.33. The molecular formula is C19H21ClN2O2S. The van der Waals surface area contributed by atoms with Crippen molar-refractivity contribution in [3.8, 4) is 5.75 Å². The molecule has 0 N–H and O–H groups in total. The standard InChI is InChI=1S/C19H21ClN2O2S/c1-13(23)24-17-7-4-6-15-19(17)25-18-9-8-14(20)12-16(18)22(15)11-5-10-21(2)3/h4,6-9,12H,5,10-11H2,1-3H3. The van der Waals surface area contributed by atoms with Crippen LogP contribution in [0.5, 0.6) is 5.75 Å². The summed E-state index contributed by atoms with van der Waals surface area (Å²) in [5.74, 6) is 0.295. The maximum atomic E-state index is 11.4. The second kappa shape index (κ2) is 7.68. The van der Waals surface area contributed by atoms with Crippen LogP contribution >= 0.6 is 23.4 Å². The third-order valence-corrected chi connectivity index (χ3v) is 5.33. The van der Waals surface area contributed by atoms with E-state index in [1.54, 1.807) is 11.8 Å². The molecule has 0 saturated heterocycles. The monoisotopic (exact) mass is 376 g/mol. The third-order valence-electron chi connectivity index (χ3n) is 3.91. The Balaban J connectivity index is 2.01. The minimum atomic E-state index is -0.310. The SMILES string of the molecule is CC(=O)Oc1cccc2c1Sc1ccc(Cl)cc1N2CCCN(C)C. The molecule has 0 amide bonds. The van der Waals surface area contributed by atoms with Gasteiger partial charge in [-0.2, -0.15) is 0 Å². The average Bonchev–Trinajstić information content (AvgIpc) is 2.54. The van der Waals surface area contributed by atoms with Crippen LogP contribution in [0.4, 0.5) is 11.4 Å². The van der Waals surface area contributed by atoms with E-state index in [2.05, 4.69) is 30.0 Å². The van der Waals surface area contributed by atoms with Crippen LogP contribution in [-0.4, -0.2) is 38.1 Å². The van der Waals surface area contributed by atoms with Crippen LogP contribution in [0.25, 0.3) is 0 Å². The first-order valence-corrected chi connectivity index (χ1v) is 9.36. The lowest BCUT2D eigenvalue weighted by molar-refractivity contribution is -0.132. The number of carbonyl (C=O) groups excluding carboxylic acids is 1. The molecule has 1 aliphatic heterocycles. The van der Waals surface area contributed by atoms with Gasteiger partial charge in [0.1, 0.15) is 5.75 Å². The zero-order valence-electron chi connectivity index (χ0n) is 14.6. The van der Waals surface area contributed by atoms with Crippen molar-refractivity contribution >= 4 is 40.7 Å². The molecule has 2 aromatic carbocycles. The first kappa shape index (κ1) is 18.1. The molecule has 25 heavy (non-hydrogen) atoms. The second-order valence-electron chi connectivity index (χ2n) is 6.22. The predicted molar refractivity (Wildman–Crippen MR) is 104 cm³/mol. The van der Waals surface area contributed by atoms with E-state index in [4.69, 9.17) is 16.3 Å². The topological polar surface area (TPSA) is 32.8 Å². The van der Waals surface area contributed by atoms with Crippen molar-refractivity contribution in [2.75, 3.05) is 32.1 Å². The highest BCUT2D eigenvalue weighted by Gasteiger charge is 2.26. The van der Waals surface area contributed by atoms with Crippen molar-refractivity contribution in [1.29, 1.82) is 0 Å². The van der Waals surface area contributed by atoms with E-state index in [-0.39, 0.29) is 5.97 Å². The smallest absolute Gasteiger partial charge is 0.308 e. The summed E-state index contributed by atoms with van der Waals surface area (Å²) < 4.78 is 5.42. The van der Waals surface area contributed by atoms with E-state index in [0.717, 1.165) is 45.7 Å². The third kappa shape index (κ3) is 4.11. The Labute approximate surface area is 157 Å². The van der Waals surface area contributed by atoms with Gasteiger partial charge in [-0.05, 0) is 57.4 Å². The van der Waals surface area contributed by atoms with Crippen molar-refractivity contribution in [2.24, 2.45) is 0 Å². The Morgan fingerprint density at radius 1 is 1.24 bits per heavy atom. The van der Waals surface area contributed by atoms with E-state index in [0.29, 0.717) is 5.75 Å². The molecule has 4 nitrogen and oxygen atoms in total. The van der Waals surface area contributed by atoms with Crippen molar-refractivity contribution < 1.29 is 9.53 Å². The van der Waals surface area contributed by atoms with Gasteiger partial charge in [-0.3, -0.25) is 4.79 Å². The highest BCUT2D eigenvalue weighted by Crippen LogP contribution is 2.52. The molecule has 0 bridgehead atoms. The molecule has 132 valence electrons. The largest absolute Gasteiger partial charge is 0.425 e. The molecule has 0 spiro atoms. The second-order valence-corrected chi connectivity index (χ2v) is 7.71. The van der Waals surface area contributed by atoms with Gasteiger partial charge in [-0.25, -0.2) is 0 Å². The van der Waals surface area contributed by atoms with Gasteiger partial charge in [0.2, 0.25) is 0 Å². The van der Waals surface area contributed by atoms with Crippen LogP contribution in [0.1, 0.15) is 13.3 Å². The van der Waals surface area contributed by atoms with Gasteiger partial charge in [0, 0.05) is 23.4 Å². The zero-order chi connectivity index (χ0) is 18.0. The molecular weight excluding hydrogens is 356 g/mol. The van der Waals surface area contributed by atoms with E-state index >= 15 is 0 Å². The predicted octanol–water partition coefficient (Wildman–Crippen LogP) is 4.82. The minimum Gasteiger partial charge on any atom is -0.425 e. The summed E-state index contributed by atoms with van der Waals surface area (Å²) in [4.78, 5) is 18.0. The highest BCUT2D eigenvalue weighted by atomic mass is 35.5. The fourth-order valence-corrected chi connectivity index (χ4v) is 4.16. The number of ether oxygens (including phenoxy) is 1. The van der Waals surface area contributed by atoms with Gasteiger partial charge >= 0.3 is 5.97 Å². The molecule has 6 heteroatoms. The first-order valence-electron chi connectivity index (χ1n) is 8.17. The quantitative estimate of drug-likeness (QED) is 0.551. The molecule has 0 unspecified atom stereocenters. The van der Waals surface area contributed by atoms with Crippen molar-refractivity contribution in [3.63, 3.8) is 0 Å². The van der Waals surface area contributed by atoms with E-state index in [1.807, 2.05) is 30.3 Å². The molecule has 0 radical (unpaired) electrons. The number of esters is 1. The minimum absolute atomic E-state index is 0.310. The fraction of sp³-hybridized carbons (Fsp3) is 0.316. The number of halogens is 1. The Kier molecular flexibility index (Phi) is 5.57. The molecule has 0 saturated carbocycles. The van der Waals surface area contributed by atoms with Crippen molar-refractivity contribution in [1.82, 2.24) is 4.90 Å². The number of hydrogen-bond donors (Lipinski definition) is 0. The Bertz CT molecular complexity index is 795. The van der Waals surface area contributed by atoms with Crippen LogP contribution in [0.3, 0.4) is 0 Å². The molecule has 2 aromatic rings. The number of carbonyl (C=O) groups is 1. The first-order chi connectivity index (χ1) is 12.0. The maximum absolute atomic E-state index is 11.4. The summed E-state index contributed by atoms with van der Waals surface area (Å²) in [5, 5.41) is 0.719. The lowest BCUT2D eigenvalue weighted by Crippen LogP contribution is -2.25. The summed E-state index contributed by atoms with van der Waals surface area (Å²) in [5.41, 5.74) is 2.15. The average molecular weight is 377 g/mol. The van der Waals surface area contributed by atoms with Crippen LogP contribution < -0.4 is 9.64 Å². The van der Waals surface area contributed by atoms with Gasteiger partial charge in [0.15, 0.2) is 0 Å².